The van der Waals surface area contributed by atoms with Gasteiger partial charge in [-0.05, 0) is 24.6 Å². The Bertz CT molecular complexity index is 511. The first-order valence-electron chi connectivity index (χ1n) is 5.25. The van der Waals surface area contributed by atoms with Crippen molar-refractivity contribution in [3.8, 4) is 0 Å². The van der Waals surface area contributed by atoms with Gasteiger partial charge in [0.1, 0.15) is 0 Å². The fourth-order valence-corrected chi connectivity index (χ4v) is 2.64. The molecule has 5 nitrogen and oxygen atoms in total. The molecular formula is C11H16N2O3S. The van der Waals surface area contributed by atoms with E-state index in [1.807, 2.05) is 0 Å². The van der Waals surface area contributed by atoms with Gasteiger partial charge in [0.25, 0.3) is 0 Å². The van der Waals surface area contributed by atoms with Crippen molar-refractivity contribution >= 4 is 21.6 Å². The summed E-state index contributed by atoms with van der Waals surface area (Å²) < 4.78 is 24.8. The smallest absolute Gasteiger partial charge is 0.248 e. The SMILES string of the molecule is CCCS(=O)(=O)N(C)c1cccc(C(N)=O)c1. The molecule has 17 heavy (non-hydrogen) atoms. The van der Waals surface area contributed by atoms with Crippen LogP contribution >= 0.6 is 0 Å². The highest BCUT2D eigenvalue weighted by Crippen LogP contribution is 2.18. The zero-order chi connectivity index (χ0) is 13.1. The number of benzene rings is 1. The third-order valence-electron chi connectivity index (χ3n) is 2.37. The molecule has 0 unspecified atom stereocenters. The second-order valence-electron chi connectivity index (χ2n) is 3.70. The maximum Gasteiger partial charge on any atom is 0.248 e. The van der Waals surface area contributed by atoms with Crippen molar-refractivity contribution in [2.75, 3.05) is 17.1 Å². The van der Waals surface area contributed by atoms with Crippen molar-refractivity contribution in [3.63, 3.8) is 0 Å². The predicted molar refractivity (Wildman–Crippen MR) is 67.4 cm³/mol. The Morgan fingerprint density at radius 2 is 2.06 bits per heavy atom. The average molecular weight is 256 g/mol. The number of hydrogen-bond acceptors (Lipinski definition) is 3. The van der Waals surface area contributed by atoms with Gasteiger partial charge in [-0.15, -0.1) is 0 Å². The van der Waals surface area contributed by atoms with Gasteiger partial charge < -0.3 is 5.73 Å². The van der Waals surface area contributed by atoms with Gasteiger partial charge in [0, 0.05) is 12.6 Å². The molecule has 1 aromatic rings. The van der Waals surface area contributed by atoms with Gasteiger partial charge in [-0.1, -0.05) is 13.0 Å². The first-order valence-corrected chi connectivity index (χ1v) is 6.86. The quantitative estimate of drug-likeness (QED) is 0.852. The number of anilines is 1. The lowest BCUT2D eigenvalue weighted by Gasteiger charge is -2.19. The highest BCUT2D eigenvalue weighted by molar-refractivity contribution is 7.92. The highest BCUT2D eigenvalue weighted by atomic mass is 32.2. The van der Waals surface area contributed by atoms with Crippen LogP contribution in [0.15, 0.2) is 24.3 Å². The Kier molecular flexibility index (Phi) is 4.11. The van der Waals surface area contributed by atoms with Gasteiger partial charge in [-0.25, -0.2) is 8.42 Å². The van der Waals surface area contributed by atoms with Crippen LogP contribution in [0.4, 0.5) is 5.69 Å². The maximum absolute atomic E-state index is 11.8. The fourth-order valence-electron chi connectivity index (χ4n) is 1.41. The molecular weight excluding hydrogens is 240 g/mol. The van der Waals surface area contributed by atoms with Crippen molar-refractivity contribution in [3.05, 3.63) is 29.8 Å². The van der Waals surface area contributed by atoms with Crippen LogP contribution in [0.1, 0.15) is 23.7 Å². The molecule has 0 aliphatic heterocycles. The molecule has 0 spiro atoms. The minimum Gasteiger partial charge on any atom is -0.366 e. The molecule has 0 atom stereocenters. The zero-order valence-electron chi connectivity index (χ0n) is 9.88. The maximum atomic E-state index is 11.8. The van der Waals surface area contributed by atoms with E-state index in [1.54, 1.807) is 25.1 Å². The summed E-state index contributed by atoms with van der Waals surface area (Å²) in [4.78, 5) is 11.0. The molecule has 2 N–H and O–H groups in total. The Morgan fingerprint density at radius 3 is 2.59 bits per heavy atom. The molecule has 0 heterocycles. The van der Waals surface area contributed by atoms with E-state index in [2.05, 4.69) is 0 Å². The van der Waals surface area contributed by atoms with E-state index < -0.39 is 15.9 Å². The largest absolute Gasteiger partial charge is 0.366 e. The molecule has 0 radical (unpaired) electrons. The second kappa shape index (κ2) is 5.18. The van der Waals surface area contributed by atoms with Gasteiger partial charge in [0.15, 0.2) is 0 Å². The number of carbonyl (C=O) groups is 1. The van der Waals surface area contributed by atoms with Gasteiger partial charge in [0.05, 0.1) is 11.4 Å². The molecule has 0 aliphatic rings. The van der Waals surface area contributed by atoms with Crippen LogP contribution < -0.4 is 10.0 Å². The Morgan fingerprint density at radius 1 is 1.41 bits per heavy atom. The molecule has 6 heteroatoms. The minimum absolute atomic E-state index is 0.0737. The number of primary amides is 1. The van der Waals surface area contributed by atoms with Crippen LogP contribution in [0.5, 0.6) is 0 Å². The fraction of sp³-hybridized carbons (Fsp3) is 0.364. The monoisotopic (exact) mass is 256 g/mol. The highest BCUT2D eigenvalue weighted by Gasteiger charge is 2.17. The Labute approximate surface area is 101 Å². The number of nitrogens with zero attached hydrogens (tertiary/aromatic N) is 1. The third kappa shape index (κ3) is 3.20. The molecule has 0 aromatic heterocycles. The summed E-state index contributed by atoms with van der Waals surface area (Å²) >= 11 is 0. The van der Waals surface area contributed by atoms with Gasteiger partial charge in [0.2, 0.25) is 15.9 Å². The van der Waals surface area contributed by atoms with E-state index >= 15 is 0 Å². The molecule has 0 saturated heterocycles. The standard InChI is InChI=1S/C11H16N2O3S/c1-3-7-17(15,16)13(2)10-6-4-5-9(8-10)11(12)14/h4-6,8H,3,7H2,1-2H3,(H2,12,14). The van der Waals surface area contributed by atoms with E-state index in [-0.39, 0.29) is 5.75 Å². The van der Waals surface area contributed by atoms with Crippen LogP contribution in [-0.2, 0) is 10.0 Å². The lowest BCUT2D eigenvalue weighted by molar-refractivity contribution is 0.100. The van der Waals surface area contributed by atoms with Crippen molar-refractivity contribution in [1.29, 1.82) is 0 Å². The summed E-state index contributed by atoms with van der Waals surface area (Å²) in [5.74, 6) is -0.502. The average Bonchev–Trinajstić information content (AvgIpc) is 2.28. The third-order valence-corrected chi connectivity index (χ3v) is 4.34. The van der Waals surface area contributed by atoms with Crippen molar-refractivity contribution < 1.29 is 13.2 Å². The van der Waals surface area contributed by atoms with E-state index in [1.165, 1.54) is 17.4 Å². The van der Waals surface area contributed by atoms with E-state index in [9.17, 15) is 13.2 Å². The lowest BCUT2D eigenvalue weighted by atomic mass is 10.2. The molecule has 0 aliphatic carbocycles. The summed E-state index contributed by atoms with van der Waals surface area (Å²) in [6, 6.07) is 6.24. The van der Waals surface area contributed by atoms with Crippen molar-refractivity contribution in [2.45, 2.75) is 13.3 Å². The molecule has 1 amide bonds. The van der Waals surface area contributed by atoms with Crippen LogP contribution in [0.2, 0.25) is 0 Å². The van der Waals surface area contributed by atoms with Crippen molar-refractivity contribution in [2.24, 2.45) is 5.73 Å². The summed E-state index contributed by atoms with van der Waals surface area (Å²) in [5, 5.41) is 0. The molecule has 0 saturated carbocycles. The summed E-state index contributed by atoms with van der Waals surface area (Å²) in [5.41, 5.74) is 5.88. The Balaban J connectivity index is 3.08. The zero-order valence-corrected chi connectivity index (χ0v) is 10.7. The minimum atomic E-state index is -3.32. The van der Waals surface area contributed by atoms with Gasteiger partial charge >= 0.3 is 0 Å². The topological polar surface area (TPSA) is 80.5 Å². The number of carbonyl (C=O) groups excluding carboxylic acids is 1. The number of rotatable bonds is 5. The van der Waals surface area contributed by atoms with Crippen LogP contribution in [0.25, 0.3) is 0 Å². The second-order valence-corrected chi connectivity index (χ2v) is 5.82. The predicted octanol–water partition coefficient (Wildman–Crippen LogP) is 0.962. The van der Waals surface area contributed by atoms with Gasteiger partial charge in [-0.2, -0.15) is 0 Å². The molecule has 1 rings (SSSR count). The number of hydrogen-bond donors (Lipinski definition) is 1. The van der Waals surface area contributed by atoms with E-state index in [4.69, 9.17) is 5.73 Å². The number of nitrogens with two attached hydrogens (primary N) is 1. The van der Waals surface area contributed by atoms with Crippen LogP contribution in [0.3, 0.4) is 0 Å². The summed E-state index contributed by atoms with van der Waals surface area (Å²) in [7, 11) is -1.86. The van der Waals surface area contributed by atoms with E-state index in [0.29, 0.717) is 17.7 Å². The molecule has 0 fully saturated rings. The van der Waals surface area contributed by atoms with Crippen molar-refractivity contribution in [1.82, 2.24) is 0 Å². The molecule has 0 bridgehead atoms. The van der Waals surface area contributed by atoms with E-state index in [0.717, 1.165) is 0 Å². The Hall–Kier alpha value is -1.56. The first-order chi connectivity index (χ1) is 7.88. The van der Waals surface area contributed by atoms with Crippen LogP contribution in [0, 0.1) is 0 Å². The summed E-state index contributed by atoms with van der Waals surface area (Å²) in [6.07, 6.45) is 0.544. The number of sulfonamides is 1. The molecule has 1 aromatic carbocycles. The lowest BCUT2D eigenvalue weighted by Crippen LogP contribution is -2.29. The van der Waals surface area contributed by atoms with Crippen LogP contribution in [-0.4, -0.2) is 27.1 Å². The molecule has 94 valence electrons. The normalized spacial score (nSPS) is 11.2. The first kappa shape index (κ1) is 13.5. The summed E-state index contributed by atoms with van der Waals surface area (Å²) in [6.45, 7) is 1.80. The van der Waals surface area contributed by atoms with Gasteiger partial charge in [-0.3, -0.25) is 9.10 Å². The number of amides is 1.